The van der Waals surface area contributed by atoms with Gasteiger partial charge in [-0.3, -0.25) is 14.4 Å². The molecule has 0 heterocycles. The molecule has 10 heteroatoms. The third kappa shape index (κ3) is 12.9. The van der Waals surface area contributed by atoms with Crippen LogP contribution in [0.3, 0.4) is 0 Å². The number of rotatable bonds is 9. The van der Waals surface area contributed by atoms with E-state index in [2.05, 4.69) is 5.32 Å². The van der Waals surface area contributed by atoms with E-state index in [0.29, 0.717) is 6.42 Å². The summed E-state index contributed by atoms with van der Waals surface area (Å²) in [6.45, 7) is 3.18. The molecule has 0 aliphatic rings. The number of Topliss-reactive ketones (excluding diaryl/α,β-unsaturated/α-hetero) is 1. The zero-order valence-electron chi connectivity index (χ0n) is 12.9. The molecule has 0 aromatic heterocycles. The lowest BCUT2D eigenvalue weighted by molar-refractivity contribution is -0.149. The minimum absolute atomic E-state index is 0.376. The lowest BCUT2D eigenvalue weighted by Crippen LogP contribution is -2.51. The average Bonchev–Trinajstić information content (AvgIpc) is 2.42. The molecule has 0 bridgehead atoms. The van der Waals surface area contributed by atoms with Gasteiger partial charge in [-0.2, -0.15) is 0 Å². The Hall–Kier alpha value is -2.49. The molecule has 132 valence electrons. The highest BCUT2D eigenvalue weighted by atomic mass is 16.4. The van der Waals surface area contributed by atoms with Gasteiger partial charge >= 0.3 is 17.9 Å². The van der Waals surface area contributed by atoms with E-state index in [1.807, 2.05) is 6.92 Å². The predicted octanol–water partition coefficient (Wildman–Crippen LogP) is -0.792. The number of nitrogens with two attached hydrogens (primary N) is 1. The first kappa shape index (κ1) is 22.8. The number of ketones is 1. The number of amides is 1. The fourth-order valence-corrected chi connectivity index (χ4v) is 1.40. The molecule has 0 aliphatic carbocycles. The van der Waals surface area contributed by atoms with Gasteiger partial charge in [0.1, 0.15) is 6.04 Å². The van der Waals surface area contributed by atoms with Crippen LogP contribution in [-0.2, 0) is 24.0 Å². The van der Waals surface area contributed by atoms with Crippen LogP contribution in [0.15, 0.2) is 0 Å². The first-order chi connectivity index (χ1) is 10.5. The summed E-state index contributed by atoms with van der Waals surface area (Å²) in [6.07, 6.45) is 0.511. The third-order valence-corrected chi connectivity index (χ3v) is 2.48. The maximum absolute atomic E-state index is 10.7. The summed E-state index contributed by atoms with van der Waals surface area (Å²) in [5.74, 6) is -5.28. The van der Waals surface area contributed by atoms with Crippen molar-refractivity contribution in [1.82, 2.24) is 5.32 Å². The molecule has 0 aliphatic heterocycles. The first-order valence-corrected chi connectivity index (χ1v) is 6.76. The van der Waals surface area contributed by atoms with Gasteiger partial charge in [0.15, 0.2) is 0 Å². The summed E-state index contributed by atoms with van der Waals surface area (Å²) < 4.78 is 0. The van der Waals surface area contributed by atoms with Gasteiger partial charge in [-0.25, -0.2) is 9.59 Å². The fourth-order valence-electron chi connectivity index (χ4n) is 1.40. The molecule has 0 fully saturated rings. The van der Waals surface area contributed by atoms with Crippen molar-refractivity contribution in [2.75, 3.05) is 0 Å². The zero-order valence-corrected chi connectivity index (χ0v) is 12.9. The summed E-state index contributed by atoms with van der Waals surface area (Å²) >= 11 is 0. The lowest BCUT2D eigenvalue weighted by atomic mass is 10.0. The molecule has 0 saturated heterocycles. The van der Waals surface area contributed by atoms with Gasteiger partial charge in [-0.05, 0) is 6.42 Å². The van der Waals surface area contributed by atoms with Crippen LogP contribution in [-0.4, -0.2) is 57.0 Å². The maximum Gasteiger partial charge on any atom is 0.372 e. The van der Waals surface area contributed by atoms with E-state index in [1.54, 1.807) is 0 Å². The highest BCUT2D eigenvalue weighted by Crippen LogP contribution is 2.00. The Labute approximate surface area is 132 Å². The van der Waals surface area contributed by atoms with E-state index in [4.69, 9.17) is 21.1 Å². The maximum atomic E-state index is 10.7. The molecular weight excluding hydrogens is 312 g/mol. The van der Waals surface area contributed by atoms with Gasteiger partial charge in [0.2, 0.25) is 11.7 Å². The largest absolute Gasteiger partial charge is 0.481 e. The second-order valence-corrected chi connectivity index (χ2v) is 4.59. The van der Waals surface area contributed by atoms with Crippen LogP contribution in [0.2, 0.25) is 0 Å². The summed E-state index contributed by atoms with van der Waals surface area (Å²) in [6, 6.07) is -1.50. The molecule has 0 aromatic carbocycles. The highest BCUT2D eigenvalue weighted by molar-refractivity contribution is 6.32. The van der Waals surface area contributed by atoms with Crippen LogP contribution in [0, 0.1) is 0 Å². The number of carboxylic acids is 3. The molecular formula is C13H22N2O8. The van der Waals surface area contributed by atoms with Gasteiger partial charge < -0.3 is 26.4 Å². The Morgan fingerprint density at radius 1 is 1.04 bits per heavy atom. The van der Waals surface area contributed by atoms with Crippen LogP contribution >= 0.6 is 0 Å². The van der Waals surface area contributed by atoms with Gasteiger partial charge in [-0.1, -0.05) is 13.3 Å². The number of hydrogen-bond donors (Lipinski definition) is 5. The van der Waals surface area contributed by atoms with E-state index in [9.17, 15) is 24.0 Å². The van der Waals surface area contributed by atoms with Crippen molar-refractivity contribution >= 4 is 29.6 Å². The molecule has 2 unspecified atom stereocenters. The number of nitrogens with one attached hydrogen (secondary N) is 1. The monoisotopic (exact) mass is 334 g/mol. The average molecular weight is 334 g/mol. The van der Waals surface area contributed by atoms with Crippen molar-refractivity contribution in [3.63, 3.8) is 0 Å². The van der Waals surface area contributed by atoms with Crippen molar-refractivity contribution in [2.45, 2.75) is 51.6 Å². The molecule has 0 saturated carbocycles. The smallest absolute Gasteiger partial charge is 0.372 e. The van der Waals surface area contributed by atoms with Gasteiger partial charge in [0.05, 0.1) is 6.42 Å². The zero-order chi connectivity index (χ0) is 18.6. The van der Waals surface area contributed by atoms with Crippen LogP contribution in [0.4, 0.5) is 0 Å². The Kier molecular flexibility index (Phi) is 12.0. The minimum Gasteiger partial charge on any atom is -0.481 e. The second-order valence-electron chi connectivity index (χ2n) is 4.59. The molecule has 0 rings (SSSR count). The molecule has 10 nitrogen and oxygen atoms in total. The summed E-state index contributed by atoms with van der Waals surface area (Å²) in [7, 11) is 0. The standard InChI is InChI=1S/C8H16N2O3.C5H6O5/c1-3-4-6(9)7(8(12)13)10-5(2)11;6-3(5(9)10)1-2-4(7)8/h6-7H,3-4,9H2,1-2H3,(H,10,11)(H,12,13);1-2H2,(H,7,8)(H,9,10). The van der Waals surface area contributed by atoms with Gasteiger partial charge in [-0.15, -0.1) is 0 Å². The molecule has 6 N–H and O–H groups in total. The molecule has 0 spiro atoms. The Morgan fingerprint density at radius 3 is 1.87 bits per heavy atom. The Morgan fingerprint density at radius 2 is 1.57 bits per heavy atom. The first-order valence-electron chi connectivity index (χ1n) is 6.76. The number of carbonyl (C=O) groups is 5. The van der Waals surface area contributed by atoms with Crippen molar-refractivity contribution in [3.05, 3.63) is 0 Å². The highest BCUT2D eigenvalue weighted by Gasteiger charge is 2.24. The number of carbonyl (C=O) groups excluding carboxylic acids is 2. The van der Waals surface area contributed by atoms with E-state index >= 15 is 0 Å². The number of carboxylic acid groups (broad SMARTS) is 3. The van der Waals surface area contributed by atoms with Crippen molar-refractivity contribution in [1.29, 1.82) is 0 Å². The topological polar surface area (TPSA) is 184 Å². The van der Waals surface area contributed by atoms with Gasteiger partial charge in [0, 0.05) is 19.4 Å². The minimum atomic E-state index is -1.58. The van der Waals surface area contributed by atoms with Crippen LogP contribution in [0.5, 0.6) is 0 Å². The van der Waals surface area contributed by atoms with Crippen molar-refractivity contribution in [2.24, 2.45) is 5.73 Å². The SMILES string of the molecule is CCCC(N)C(NC(C)=O)C(=O)O.O=C(O)CCC(=O)C(=O)O. The molecule has 2 atom stereocenters. The summed E-state index contributed by atoms with van der Waals surface area (Å²) in [5, 5.41) is 27.0. The van der Waals surface area contributed by atoms with Gasteiger partial charge in [0.25, 0.3) is 0 Å². The molecule has 0 radical (unpaired) electrons. The molecule has 23 heavy (non-hydrogen) atoms. The number of hydrogen-bond acceptors (Lipinski definition) is 6. The Bertz CT molecular complexity index is 449. The lowest BCUT2D eigenvalue weighted by Gasteiger charge is -2.19. The third-order valence-electron chi connectivity index (χ3n) is 2.48. The quantitative estimate of drug-likeness (QED) is 0.337. The molecule has 1 amide bonds. The van der Waals surface area contributed by atoms with Crippen LogP contribution in [0.1, 0.15) is 39.5 Å². The van der Waals surface area contributed by atoms with E-state index in [-0.39, 0.29) is 5.91 Å². The van der Waals surface area contributed by atoms with E-state index < -0.39 is 48.6 Å². The molecule has 0 aromatic rings. The fraction of sp³-hybridized carbons (Fsp3) is 0.615. The summed E-state index contributed by atoms with van der Waals surface area (Å²) in [4.78, 5) is 51.0. The van der Waals surface area contributed by atoms with E-state index in [0.717, 1.165) is 6.42 Å². The summed E-state index contributed by atoms with van der Waals surface area (Å²) in [5.41, 5.74) is 5.58. The Balaban J connectivity index is 0. The van der Waals surface area contributed by atoms with Crippen molar-refractivity contribution in [3.8, 4) is 0 Å². The van der Waals surface area contributed by atoms with E-state index in [1.165, 1.54) is 6.92 Å². The van der Waals surface area contributed by atoms with Crippen LogP contribution < -0.4 is 11.1 Å². The number of aliphatic carboxylic acids is 3. The van der Waals surface area contributed by atoms with Crippen LogP contribution in [0.25, 0.3) is 0 Å². The predicted molar refractivity (Wildman–Crippen MR) is 77.6 cm³/mol. The van der Waals surface area contributed by atoms with Crippen molar-refractivity contribution < 1.29 is 39.3 Å². The normalized spacial score (nSPS) is 12.1. The second kappa shape index (κ2) is 12.1.